The van der Waals surface area contributed by atoms with Crippen LogP contribution in [0.4, 0.5) is 22.0 Å². The van der Waals surface area contributed by atoms with Crippen LogP contribution in [0.15, 0.2) is 0 Å². The maximum absolute atomic E-state index is 13.2. The molecule has 18 heavy (non-hydrogen) atoms. The monoisotopic (exact) mass is 269 g/mol. The molecule has 1 unspecified atom stereocenters. The molecule has 3 nitrogen and oxygen atoms in total. The van der Waals surface area contributed by atoms with E-state index < -0.39 is 46.8 Å². The van der Waals surface area contributed by atoms with Gasteiger partial charge in [-0.1, -0.05) is 6.92 Å². The highest BCUT2D eigenvalue weighted by Gasteiger charge is 2.29. The molecule has 0 bridgehead atoms. The minimum Gasteiger partial charge on any atom is -0.474 e. The lowest BCUT2D eigenvalue weighted by Crippen LogP contribution is -2.33. The first-order valence-corrected chi connectivity index (χ1v) is 4.78. The first-order chi connectivity index (χ1) is 8.31. The van der Waals surface area contributed by atoms with Crippen LogP contribution in [-0.2, 0) is 4.79 Å². The van der Waals surface area contributed by atoms with Crippen LogP contribution in [0.2, 0.25) is 0 Å². The van der Waals surface area contributed by atoms with E-state index in [0.717, 1.165) is 0 Å². The van der Waals surface area contributed by atoms with Gasteiger partial charge >= 0.3 is 0 Å². The Labute approximate surface area is 98.3 Å². The molecule has 0 radical (unpaired) electrons. The summed E-state index contributed by atoms with van der Waals surface area (Å²) in [6.07, 6.45) is -1.58. The summed E-state index contributed by atoms with van der Waals surface area (Å²) in [5, 5.41) is 0. The fourth-order valence-corrected chi connectivity index (χ4v) is 1.17. The zero-order valence-electron chi connectivity index (χ0n) is 9.07. The van der Waals surface area contributed by atoms with Crippen LogP contribution in [0.25, 0.3) is 0 Å². The Hall–Kier alpha value is -1.86. The number of primary amides is 1. The quantitative estimate of drug-likeness (QED) is 0.516. The lowest BCUT2D eigenvalue weighted by atomic mass is 10.2. The topological polar surface area (TPSA) is 52.3 Å². The van der Waals surface area contributed by atoms with Crippen molar-refractivity contribution in [3.8, 4) is 5.75 Å². The number of ether oxygens (including phenoxy) is 1. The fourth-order valence-electron chi connectivity index (χ4n) is 1.17. The van der Waals surface area contributed by atoms with Crippen molar-refractivity contribution < 1.29 is 31.5 Å². The van der Waals surface area contributed by atoms with E-state index >= 15 is 0 Å². The highest BCUT2D eigenvalue weighted by molar-refractivity contribution is 5.79. The summed E-state index contributed by atoms with van der Waals surface area (Å²) in [7, 11) is 0. The summed E-state index contributed by atoms with van der Waals surface area (Å²) in [6.45, 7) is 1.39. The molecule has 8 heteroatoms. The standard InChI is InChI=1S/C10H8F5NO2/c1-2-3(10(16)17)18-9-7(14)5(12)4(11)6(13)8(9)15/h3H,2H2,1H3,(H2,16,17). The summed E-state index contributed by atoms with van der Waals surface area (Å²) >= 11 is 0. The Morgan fingerprint density at radius 1 is 1.06 bits per heavy atom. The van der Waals surface area contributed by atoms with Crippen LogP contribution in [0.3, 0.4) is 0 Å². The summed E-state index contributed by atoms with van der Waals surface area (Å²) in [6, 6.07) is 0. The minimum atomic E-state index is -2.30. The van der Waals surface area contributed by atoms with Gasteiger partial charge < -0.3 is 10.5 Å². The van der Waals surface area contributed by atoms with Crippen molar-refractivity contribution in [3.05, 3.63) is 29.1 Å². The number of hydrogen-bond acceptors (Lipinski definition) is 2. The van der Waals surface area contributed by atoms with E-state index in [-0.39, 0.29) is 6.42 Å². The Morgan fingerprint density at radius 3 is 1.78 bits per heavy atom. The van der Waals surface area contributed by atoms with Gasteiger partial charge in [-0.15, -0.1) is 0 Å². The maximum atomic E-state index is 13.2. The molecule has 100 valence electrons. The van der Waals surface area contributed by atoms with Crippen LogP contribution in [0.1, 0.15) is 13.3 Å². The van der Waals surface area contributed by atoms with Gasteiger partial charge in [0, 0.05) is 0 Å². The molecule has 0 saturated carbocycles. The van der Waals surface area contributed by atoms with Gasteiger partial charge in [-0.25, -0.2) is 13.2 Å². The molecule has 0 aliphatic heterocycles. The Balaban J connectivity index is 3.29. The van der Waals surface area contributed by atoms with Crippen molar-refractivity contribution in [2.75, 3.05) is 0 Å². The van der Waals surface area contributed by atoms with Gasteiger partial charge in [0.25, 0.3) is 5.91 Å². The molecule has 2 N–H and O–H groups in total. The number of carbonyl (C=O) groups excluding carboxylic acids is 1. The molecule has 1 aromatic carbocycles. The van der Waals surface area contributed by atoms with Crippen LogP contribution >= 0.6 is 0 Å². The molecule has 0 aliphatic rings. The number of nitrogens with two attached hydrogens (primary N) is 1. The van der Waals surface area contributed by atoms with Crippen LogP contribution in [-0.4, -0.2) is 12.0 Å². The molecule has 0 spiro atoms. The number of benzene rings is 1. The molecular weight excluding hydrogens is 261 g/mol. The average Bonchev–Trinajstić information content (AvgIpc) is 2.34. The molecule has 0 aromatic heterocycles. The molecule has 0 heterocycles. The van der Waals surface area contributed by atoms with Gasteiger partial charge in [0.2, 0.25) is 29.1 Å². The summed E-state index contributed by atoms with van der Waals surface area (Å²) in [5.41, 5.74) is 4.83. The zero-order chi connectivity index (χ0) is 14.0. The SMILES string of the molecule is CCC(Oc1c(F)c(F)c(F)c(F)c1F)C(N)=O. The predicted molar refractivity (Wildman–Crippen MR) is 50.1 cm³/mol. The van der Waals surface area contributed by atoms with Gasteiger partial charge in [0.05, 0.1) is 0 Å². The molecular formula is C10H8F5NO2. The van der Waals surface area contributed by atoms with E-state index in [9.17, 15) is 26.7 Å². The van der Waals surface area contributed by atoms with Crippen LogP contribution in [0.5, 0.6) is 5.75 Å². The van der Waals surface area contributed by atoms with Gasteiger partial charge in [-0.2, -0.15) is 8.78 Å². The lowest BCUT2D eigenvalue weighted by molar-refractivity contribution is -0.125. The first-order valence-electron chi connectivity index (χ1n) is 4.78. The average molecular weight is 269 g/mol. The number of halogens is 5. The van der Waals surface area contributed by atoms with Crippen molar-refractivity contribution in [2.45, 2.75) is 19.4 Å². The smallest absolute Gasteiger partial charge is 0.258 e. The Kier molecular flexibility index (Phi) is 4.10. The molecule has 1 rings (SSSR count). The summed E-state index contributed by atoms with van der Waals surface area (Å²) < 4.78 is 69.1. The van der Waals surface area contributed by atoms with E-state index in [2.05, 4.69) is 4.74 Å². The fraction of sp³-hybridized carbons (Fsp3) is 0.300. The molecule has 0 saturated heterocycles. The maximum Gasteiger partial charge on any atom is 0.258 e. The Morgan fingerprint density at radius 2 is 1.44 bits per heavy atom. The molecule has 1 aromatic rings. The van der Waals surface area contributed by atoms with E-state index in [0.29, 0.717) is 0 Å². The van der Waals surface area contributed by atoms with Crippen molar-refractivity contribution in [1.29, 1.82) is 0 Å². The third-order valence-corrected chi connectivity index (χ3v) is 2.12. The Bertz CT molecular complexity index is 463. The van der Waals surface area contributed by atoms with Gasteiger partial charge in [-0.3, -0.25) is 4.79 Å². The summed E-state index contributed by atoms with van der Waals surface area (Å²) in [4.78, 5) is 10.8. The highest BCUT2D eigenvalue weighted by Crippen LogP contribution is 2.30. The van der Waals surface area contributed by atoms with E-state index in [1.54, 1.807) is 0 Å². The second-order valence-electron chi connectivity index (χ2n) is 3.32. The second-order valence-corrected chi connectivity index (χ2v) is 3.32. The predicted octanol–water partition coefficient (Wildman–Crippen LogP) is 2.02. The normalized spacial score (nSPS) is 12.3. The zero-order valence-corrected chi connectivity index (χ0v) is 9.07. The number of carbonyl (C=O) groups is 1. The molecule has 1 amide bonds. The van der Waals surface area contributed by atoms with Gasteiger partial charge in [0.15, 0.2) is 11.9 Å². The molecule has 0 aliphatic carbocycles. The third kappa shape index (κ3) is 2.36. The van der Waals surface area contributed by atoms with E-state index in [1.807, 2.05) is 0 Å². The van der Waals surface area contributed by atoms with Gasteiger partial charge in [0.1, 0.15) is 0 Å². The van der Waals surface area contributed by atoms with Crippen LogP contribution < -0.4 is 10.5 Å². The van der Waals surface area contributed by atoms with Crippen molar-refractivity contribution in [2.24, 2.45) is 5.73 Å². The largest absolute Gasteiger partial charge is 0.474 e. The molecule has 0 fully saturated rings. The summed E-state index contributed by atoms with van der Waals surface area (Å²) in [5.74, 6) is -13.5. The number of hydrogen-bond donors (Lipinski definition) is 1. The number of amides is 1. The molecule has 1 atom stereocenters. The third-order valence-electron chi connectivity index (χ3n) is 2.12. The van der Waals surface area contributed by atoms with Crippen molar-refractivity contribution >= 4 is 5.91 Å². The first kappa shape index (κ1) is 14.2. The van der Waals surface area contributed by atoms with Crippen molar-refractivity contribution in [1.82, 2.24) is 0 Å². The van der Waals surface area contributed by atoms with Crippen molar-refractivity contribution in [3.63, 3.8) is 0 Å². The lowest BCUT2D eigenvalue weighted by Gasteiger charge is -2.15. The second kappa shape index (κ2) is 5.19. The van der Waals surface area contributed by atoms with E-state index in [4.69, 9.17) is 5.73 Å². The minimum absolute atomic E-state index is 0.0885. The highest BCUT2D eigenvalue weighted by atomic mass is 19.2. The number of rotatable bonds is 4. The van der Waals surface area contributed by atoms with Gasteiger partial charge in [-0.05, 0) is 6.42 Å². The van der Waals surface area contributed by atoms with Crippen LogP contribution in [0, 0.1) is 29.1 Å². The van der Waals surface area contributed by atoms with E-state index in [1.165, 1.54) is 6.92 Å².